The molecule has 2 heterocycles. The average Bonchev–Trinajstić information content (AvgIpc) is 3.07. The molecule has 11 heteroatoms. The summed E-state index contributed by atoms with van der Waals surface area (Å²) in [5.41, 5.74) is 1.80. The maximum atomic E-state index is 12.2. The molecule has 6 amide bonds. The van der Waals surface area contributed by atoms with E-state index in [0.717, 1.165) is 6.42 Å². The number of urea groups is 2. The third kappa shape index (κ3) is 7.83. The first-order valence-corrected chi connectivity index (χ1v) is 9.33. The third-order valence-corrected chi connectivity index (χ3v) is 4.21. The van der Waals surface area contributed by atoms with Crippen LogP contribution in [0.1, 0.15) is 53.4 Å². The van der Waals surface area contributed by atoms with Gasteiger partial charge < -0.3 is 17.0 Å². The zero-order chi connectivity index (χ0) is 21.5. The Hall–Kier alpha value is -1.26. The van der Waals surface area contributed by atoms with Gasteiger partial charge >= 0.3 is 18.2 Å². The van der Waals surface area contributed by atoms with Gasteiger partial charge in [-0.15, -0.1) is 4.59 Å². The van der Waals surface area contributed by atoms with Crippen LogP contribution in [-0.2, 0) is 42.2 Å². The fourth-order valence-corrected chi connectivity index (χ4v) is 2.87. The third-order valence-electron chi connectivity index (χ3n) is 4.21. The van der Waals surface area contributed by atoms with Crippen LogP contribution in [0.5, 0.6) is 0 Å². The van der Waals surface area contributed by atoms with Gasteiger partial charge in [0.2, 0.25) is 0 Å². The van der Waals surface area contributed by atoms with E-state index in [1.54, 1.807) is 20.8 Å². The number of amides is 6. The number of carbonyl (C=O) groups is 4. The van der Waals surface area contributed by atoms with Crippen molar-refractivity contribution in [1.82, 2.24) is 21.0 Å². The Kier molecular flexibility index (Phi) is 11.3. The van der Waals surface area contributed by atoms with Crippen LogP contribution < -0.4 is 16.1 Å². The molecule has 2 aliphatic rings. The SMILES string of the molecule is [CH2-]CCCC.[CH2-]NC(=O)CC1CN(C(=O)OC(C)(C)C)C[N+]12NC(=O)NC2=O.[Y]. The normalized spacial score (nSPS) is 22.8. The minimum Gasteiger partial charge on any atom is -0.508 e. The molecule has 0 aromatic rings. The largest absolute Gasteiger partial charge is 0.508 e. The number of nitrogens with zero attached hydrogens (tertiary/aromatic N) is 2. The first kappa shape index (κ1) is 27.7. The second kappa shape index (κ2) is 11.8. The van der Waals surface area contributed by atoms with Gasteiger partial charge in [-0.1, -0.05) is 19.8 Å². The molecule has 1 radical (unpaired) electrons. The molecule has 163 valence electrons. The van der Waals surface area contributed by atoms with Crippen LogP contribution in [0.2, 0.25) is 0 Å². The quantitative estimate of drug-likeness (QED) is 0.415. The Morgan fingerprint density at radius 1 is 1.34 bits per heavy atom. The van der Waals surface area contributed by atoms with E-state index in [1.165, 1.54) is 17.7 Å². The van der Waals surface area contributed by atoms with Crippen LogP contribution in [0.15, 0.2) is 0 Å². The van der Waals surface area contributed by atoms with Crippen molar-refractivity contribution in [2.45, 2.75) is 65.0 Å². The Morgan fingerprint density at radius 3 is 2.34 bits per heavy atom. The summed E-state index contributed by atoms with van der Waals surface area (Å²) in [5, 5.41) is 4.36. The van der Waals surface area contributed by atoms with Gasteiger partial charge in [0, 0.05) is 32.7 Å². The summed E-state index contributed by atoms with van der Waals surface area (Å²) >= 11 is 0. The first-order valence-electron chi connectivity index (χ1n) is 9.33. The van der Waals surface area contributed by atoms with Crippen molar-refractivity contribution in [2.75, 3.05) is 13.2 Å². The molecule has 2 atom stereocenters. The van der Waals surface area contributed by atoms with Gasteiger partial charge in [0.15, 0.2) is 12.6 Å². The van der Waals surface area contributed by atoms with Crippen LogP contribution >= 0.6 is 0 Å². The van der Waals surface area contributed by atoms with Gasteiger partial charge in [0.25, 0.3) is 0 Å². The van der Waals surface area contributed by atoms with E-state index >= 15 is 0 Å². The zero-order valence-electron chi connectivity index (χ0n) is 17.7. The predicted octanol–water partition coefficient (Wildman–Crippen LogP) is 2.03. The number of carbonyl (C=O) groups excluding carboxylic acids is 4. The van der Waals surface area contributed by atoms with Gasteiger partial charge in [-0.05, 0) is 20.8 Å². The summed E-state index contributed by atoms with van der Waals surface area (Å²) < 4.78 is 4.75. The summed E-state index contributed by atoms with van der Waals surface area (Å²) in [6, 6.07) is -1.90. The molecular weight excluding hydrogens is 455 g/mol. The number of nitrogens with one attached hydrogen (secondary N) is 3. The Bertz CT molecular complexity index is 608. The summed E-state index contributed by atoms with van der Waals surface area (Å²) in [7, 11) is 3.28. The van der Waals surface area contributed by atoms with Crippen molar-refractivity contribution in [3.63, 3.8) is 0 Å². The molecule has 10 nitrogen and oxygen atoms in total. The molecule has 3 N–H and O–H groups in total. The van der Waals surface area contributed by atoms with E-state index in [1.807, 2.05) is 0 Å². The van der Waals surface area contributed by atoms with Gasteiger partial charge in [-0.2, -0.15) is 11.8 Å². The maximum absolute atomic E-state index is 12.2. The number of ether oxygens (including phenoxy) is 1. The number of quaternary nitrogens is 1. The molecular formula is C18H32N5O5Y-. The minimum atomic E-state index is -0.693. The van der Waals surface area contributed by atoms with Gasteiger partial charge in [-0.3, -0.25) is 16.7 Å². The molecule has 0 saturated carbocycles. The van der Waals surface area contributed by atoms with Crippen LogP contribution in [0.4, 0.5) is 14.4 Å². The van der Waals surface area contributed by atoms with E-state index < -0.39 is 40.3 Å². The molecule has 2 aliphatic heterocycles. The molecule has 0 aromatic heterocycles. The van der Waals surface area contributed by atoms with E-state index in [4.69, 9.17) is 4.74 Å². The van der Waals surface area contributed by atoms with Gasteiger partial charge in [0.1, 0.15) is 11.6 Å². The van der Waals surface area contributed by atoms with Crippen LogP contribution in [0.25, 0.3) is 0 Å². The van der Waals surface area contributed by atoms with Crippen molar-refractivity contribution in [3.8, 4) is 0 Å². The summed E-state index contributed by atoms with van der Waals surface area (Å²) in [6.07, 6.45) is 2.97. The molecule has 2 fully saturated rings. The van der Waals surface area contributed by atoms with Crippen molar-refractivity contribution in [3.05, 3.63) is 14.0 Å². The van der Waals surface area contributed by atoms with Crippen LogP contribution in [0.3, 0.4) is 0 Å². The minimum absolute atomic E-state index is 0. The van der Waals surface area contributed by atoms with Crippen molar-refractivity contribution < 1.29 is 61.2 Å². The number of unbranched alkanes of at least 4 members (excludes halogenated alkanes) is 2. The van der Waals surface area contributed by atoms with Gasteiger partial charge in [0.05, 0.1) is 13.0 Å². The number of hydrogen-bond donors (Lipinski definition) is 3. The molecule has 2 rings (SSSR count). The first-order chi connectivity index (χ1) is 13.0. The summed E-state index contributed by atoms with van der Waals surface area (Å²) in [6.45, 7) is 11.0. The molecule has 0 bridgehead atoms. The summed E-state index contributed by atoms with van der Waals surface area (Å²) in [5.74, 6) is -0.396. The fourth-order valence-electron chi connectivity index (χ4n) is 2.87. The second-order valence-corrected chi connectivity index (χ2v) is 7.75. The number of hydrogen-bond acceptors (Lipinski definition) is 5. The topological polar surface area (TPSA) is 117 Å². The summed E-state index contributed by atoms with van der Waals surface area (Å²) in [4.78, 5) is 48.9. The van der Waals surface area contributed by atoms with E-state index in [0.29, 0.717) is 0 Å². The number of imide groups is 1. The Balaban J connectivity index is 0.00000117. The monoisotopic (exact) mass is 487 g/mol. The second-order valence-electron chi connectivity index (χ2n) is 7.75. The van der Waals surface area contributed by atoms with Crippen molar-refractivity contribution in [1.29, 1.82) is 0 Å². The maximum Gasteiger partial charge on any atom is 0.451 e. The molecule has 1 spiro atoms. The molecule has 2 saturated heterocycles. The predicted molar refractivity (Wildman–Crippen MR) is 102 cm³/mol. The molecule has 0 aromatic carbocycles. The zero-order valence-corrected chi connectivity index (χ0v) is 20.6. The Labute approximate surface area is 197 Å². The smallest absolute Gasteiger partial charge is 0.451 e. The van der Waals surface area contributed by atoms with Crippen molar-refractivity contribution in [2.24, 2.45) is 0 Å². The van der Waals surface area contributed by atoms with E-state index in [2.05, 4.69) is 37.0 Å². The Morgan fingerprint density at radius 2 is 1.97 bits per heavy atom. The number of rotatable bonds is 4. The molecule has 2 unspecified atom stereocenters. The van der Waals surface area contributed by atoms with Crippen LogP contribution in [-0.4, -0.2) is 58.4 Å². The molecule has 0 aliphatic carbocycles. The van der Waals surface area contributed by atoms with E-state index in [-0.39, 0.29) is 52.3 Å². The van der Waals surface area contributed by atoms with Crippen LogP contribution in [0, 0.1) is 14.0 Å². The fraction of sp³-hybridized carbons (Fsp3) is 0.667. The average molecular weight is 487 g/mol. The standard InChI is InChI=1S/C13H21N5O5.C5H11.Y/c1-13(2,3)23-12(22)17-6-8(5-9(19)14-4)18(7-17)11(21)15-10(20)16-18;1-3-5-4-2;/h8H,4-7H2,1-3H3,(H,14,19)(H2,15,16,20,21);1,3-5H2,2H3;/q;-1;. The van der Waals surface area contributed by atoms with Crippen molar-refractivity contribution >= 4 is 24.1 Å². The van der Waals surface area contributed by atoms with Gasteiger partial charge in [-0.25, -0.2) is 19.7 Å². The molecule has 29 heavy (non-hydrogen) atoms. The van der Waals surface area contributed by atoms with E-state index in [9.17, 15) is 19.2 Å².